The number of carbonyl (C=O) groups excluding carboxylic acids is 1. The number of tetrazole rings is 1. The van der Waals surface area contributed by atoms with E-state index in [1.54, 1.807) is 6.92 Å². The third kappa shape index (κ3) is 3.25. The summed E-state index contributed by atoms with van der Waals surface area (Å²) < 4.78 is 27.3. The summed E-state index contributed by atoms with van der Waals surface area (Å²) in [5.41, 5.74) is 0. The summed E-state index contributed by atoms with van der Waals surface area (Å²) in [6.07, 6.45) is -0.461. The predicted molar refractivity (Wildman–Crippen MR) is 70.4 cm³/mol. The predicted octanol–water partition coefficient (Wildman–Crippen LogP) is 1.64. The third-order valence-electron chi connectivity index (χ3n) is 3.04. The minimum Gasteiger partial charge on any atom is -0.325 e. The van der Waals surface area contributed by atoms with Crippen LogP contribution in [-0.4, -0.2) is 54.4 Å². The second-order valence-corrected chi connectivity index (χ2v) is 7.06. The van der Waals surface area contributed by atoms with Crippen LogP contribution in [0.3, 0.4) is 0 Å². The first-order valence-corrected chi connectivity index (χ1v) is 7.31. The number of nitrogens with zero attached hydrogens (tertiary/aromatic N) is 4. The molecule has 1 saturated heterocycles. The van der Waals surface area contributed by atoms with E-state index in [0.717, 1.165) is 0 Å². The van der Waals surface area contributed by atoms with Crippen LogP contribution in [0, 0.1) is 0 Å². The lowest BCUT2D eigenvalue weighted by Crippen LogP contribution is -2.38. The topological polar surface area (TPSA) is 74.8 Å². The molecule has 2 atom stereocenters. The molecule has 2 heterocycles. The molecule has 0 saturated carbocycles. The number of nitrogens with one attached hydrogen (secondary N) is 1. The number of thioether (sulfide) groups is 1. The Morgan fingerprint density at radius 1 is 1.50 bits per heavy atom. The van der Waals surface area contributed by atoms with E-state index in [1.165, 1.54) is 16.7 Å². The fourth-order valence-electron chi connectivity index (χ4n) is 2.29. The molecule has 1 fully saturated rings. The first-order valence-electron chi connectivity index (χ1n) is 6.37. The first kappa shape index (κ1) is 15.1. The molecule has 0 spiro atoms. The van der Waals surface area contributed by atoms with Gasteiger partial charge in [0.1, 0.15) is 6.04 Å². The van der Waals surface area contributed by atoms with Gasteiger partial charge in [0.05, 0.1) is 11.8 Å². The van der Waals surface area contributed by atoms with Crippen molar-refractivity contribution in [1.82, 2.24) is 25.5 Å². The van der Waals surface area contributed by atoms with Crippen molar-refractivity contribution >= 4 is 17.7 Å². The molecule has 0 radical (unpaired) electrons. The third-order valence-corrected chi connectivity index (χ3v) is 4.19. The van der Waals surface area contributed by atoms with Crippen LogP contribution in [0.15, 0.2) is 0 Å². The Morgan fingerprint density at radius 3 is 2.75 bits per heavy atom. The van der Waals surface area contributed by atoms with Gasteiger partial charge in [-0.25, -0.2) is 8.78 Å². The Labute approximate surface area is 119 Å². The average Bonchev–Trinajstić information content (AvgIpc) is 2.93. The number of amides is 1. The Morgan fingerprint density at radius 2 is 2.20 bits per heavy atom. The Bertz CT molecular complexity index is 467. The van der Waals surface area contributed by atoms with Gasteiger partial charge in [-0.1, -0.05) is 19.1 Å². The van der Waals surface area contributed by atoms with E-state index in [0.29, 0.717) is 0 Å². The van der Waals surface area contributed by atoms with Gasteiger partial charge in [-0.3, -0.25) is 4.79 Å². The van der Waals surface area contributed by atoms with Crippen LogP contribution in [0.25, 0.3) is 0 Å². The molecule has 1 aliphatic rings. The van der Waals surface area contributed by atoms with E-state index in [9.17, 15) is 13.6 Å². The molecular weight excluding hydrogens is 288 g/mol. The van der Waals surface area contributed by atoms with Crippen LogP contribution in [0.1, 0.15) is 39.1 Å². The van der Waals surface area contributed by atoms with E-state index in [1.807, 2.05) is 13.8 Å². The second kappa shape index (κ2) is 5.63. The van der Waals surface area contributed by atoms with E-state index in [2.05, 4.69) is 20.6 Å². The summed E-state index contributed by atoms with van der Waals surface area (Å²) in [4.78, 5) is 13.5. The molecule has 0 bridgehead atoms. The van der Waals surface area contributed by atoms with Gasteiger partial charge in [0, 0.05) is 6.42 Å². The fourth-order valence-corrected chi connectivity index (χ4v) is 3.36. The molecule has 1 aromatic rings. The number of alkyl halides is 2. The molecule has 1 aliphatic heterocycles. The highest BCUT2D eigenvalue weighted by Crippen LogP contribution is 2.40. The number of aromatic amines is 1. The average molecular weight is 305 g/mol. The van der Waals surface area contributed by atoms with Crippen molar-refractivity contribution in [3.05, 3.63) is 5.82 Å². The van der Waals surface area contributed by atoms with E-state index < -0.39 is 24.9 Å². The summed E-state index contributed by atoms with van der Waals surface area (Å²) in [5, 5.41) is 13.0. The van der Waals surface area contributed by atoms with E-state index in [4.69, 9.17) is 0 Å². The lowest BCUT2D eigenvalue weighted by atomic mass is 10.2. The van der Waals surface area contributed by atoms with Crippen molar-refractivity contribution in [3.8, 4) is 0 Å². The zero-order valence-electron chi connectivity index (χ0n) is 11.5. The lowest BCUT2D eigenvalue weighted by molar-refractivity contribution is -0.132. The molecule has 0 aliphatic carbocycles. The smallest absolute Gasteiger partial charge is 0.267 e. The van der Waals surface area contributed by atoms with Gasteiger partial charge in [-0.05, 0) is 12.2 Å². The van der Waals surface area contributed by atoms with Crippen molar-refractivity contribution in [3.63, 3.8) is 0 Å². The van der Waals surface area contributed by atoms with Crippen LogP contribution in [-0.2, 0) is 4.79 Å². The molecule has 112 valence electrons. The number of H-pyrrole nitrogens is 1. The largest absolute Gasteiger partial charge is 0.325 e. The highest BCUT2D eigenvalue weighted by molar-refractivity contribution is 8.01. The van der Waals surface area contributed by atoms with E-state index >= 15 is 0 Å². The maximum absolute atomic E-state index is 13.6. The zero-order chi connectivity index (χ0) is 14.9. The molecule has 0 aromatic carbocycles. The van der Waals surface area contributed by atoms with Crippen LogP contribution in [0.5, 0.6) is 0 Å². The summed E-state index contributed by atoms with van der Waals surface area (Å²) in [6, 6.07) is -0.813. The summed E-state index contributed by atoms with van der Waals surface area (Å²) in [5.74, 6) is -3.09. The maximum Gasteiger partial charge on any atom is 0.267 e. The number of rotatable bonds is 4. The first-order chi connectivity index (χ1) is 9.30. The van der Waals surface area contributed by atoms with Crippen molar-refractivity contribution in [2.75, 3.05) is 6.54 Å². The van der Waals surface area contributed by atoms with E-state index in [-0.39, 0.29) is 22.2 Å². The molecule has 1 amide bonds. The number of hydrogen-bond acceptors (Lipinski definition) is 5. The standard InChI is InChI=1S/C11H17F2N5OS/c1-6(2)20-7(3)10(19)18-5-11(12,13)4-8(18)9-14-16-17-15-9/h6-8H,4-5H2,1-3H3,(H,14,15,16,17). The molecule has 1 aromatic heterocycles. The van der Waals surface area contributed by atoms with Crippen LogP contribution in [0.4, 0.5) is 8.78 Å². The summed E-state index contributed by atoms with van der Waals surface area (Å²) in [6.45, 7) is 5.07. The van der Waals surface area contributed by atoms with Crippen molar-refractivity contribution < 1.29 is 13.6 Å². The zero-order valence-corrected chi connectivity index (χ0v) is 12.3. The number of halogens is 2. The lowest BCUT2D eigenvalue weighted by Gasteiger charge is -2.25. The normalized spacial score (nSPS) is 23.3. The molecule has 2 rings (SSSR count). The monoisotopic (exact) mass is 305 g/mol. The molecule has 2 unspecified atom stereocenters. The minimum atomic E-state index is -2.91. The van der Waals surface area contributed by atoms with Gasteiger partial charge in [0.2, 0.25) is 5.91 Å². The van der Waals surface area contributed by atoms with Crippen molar-refractivity contribution in [1.29, 1.82) is 0 Å². The quantitative estimate of drug-likeness (QED) is 0.915. The number of aromatic nitrogens is 4. The molecule has 9 heteroatoms. The van der Waals surface area contributed by atoms with Gasteiger partial charge in [-0.15, -0.1) is 22.0 Å². The number of carbonyl (C=O) groups is 1. The van der Waals surface area contributed by atoms with Gasteiger partial charge in [0.25, 0.3) is 5.92 Å². The number of likely N-dealkylation sites (tertiary alicyclic amines) is 1. The Hall–Kier alpha value is -1.25. The van der Waals surface area contributed by atoms with Crippen LogP contribution < -0.4 is 0 Å². The fraction of sp³-hybridized carbons (Fsp3) is 0.818. The summed E-state index contributed by atoms with van der Waals surface area (Å²) >= 11 is 1.45. The molecular formula is C11H17F2N5OS. The van der Waals surface area contributed by atoms with Gasteiger partial charge in [0.15, 0.2) is 5.82 Å². The van der Waals surface area contributed by atoms with Gasteiger partial charge < -0.3 is 4.90 Å². The molecule has 6 nitrogen and oxygen atoms in total. The van der Waals surface area contributed by atoms with Gasteiger partial charge >= 0.3 is 0 Å². The minimum absolute atomic E-state index is 0.136. The van der Waals surface area contributed by atoms with Crippen LogP contribution in [0.2, 0.25) is 0 Å². The van der Waals surface area contributed by atoms with Crippen molar-refractivity contribution in [2.24, 2.45) is 0 Å². The number of hydrogen-bond donors (Lipinski definition) is 1. The summed E-state index contributed by atoms with van der Waals surface area (Å²) in [7, 11) is 0. The molecule has 1 N–H and O–H groups in total. The van der Waals surface area contributed by atoms with Crippen molar-refractivity contribution in [2.45, 2.75) is 49.7 Å². The maximum atomic E-state index is 13.6. The highest BCUT2D eigenvalue weighted by Gasteiger charge is 2.49. The van der Waals surface area contributed by atoms with Gasteiger partial charge in [-0.2, -0.15) is 5.21 Å². The SMILES string of the molecule is CC(C)SC(C)C(=O)N1CC(F)(F)CC1c1nn[nH]n1. The van der Waals surface area contributed by atoms with Crippen LogP contribution >= 0.6 is 11.8 Å². The Balaban J connectivity index is 2.17. The molecule has 20 heavy (non-hydrogen) atoms. The second-order valence-electron chi connectivity index (χ2n) is 5.14. The Kier molecular flexibility index (Phi) is 4.26. The highest BCUT2D eigenvalue weighted by atomic mass is 32.2.